The summed E-state index contributed by atoms with van der Waals surface area (Å²) < 4.78 is 38.8. The summed E-state index contributed by atoms with van der Waals surface area (Å²) in [4.78, 5) is 4.55. The van der Waals surface area contributed by atoms with E-state index in [1.165, 1.54) is 12.1 Å². The predicted molar refractivity (Wildman–Crippen MR) is 93.4 cm³/mol. The average molecular weight is 415 g/mol. The molecular weight excluding hydrogens is 403 g/mol. The van der Waals surface area contributed by atoms with Gasteiger partial charge in [0.25, 0.3) is 0 Å². The zero-order valence-electron chi connectivity index (χ0n) is 12.6. The fourth-order valence-corrected chi connectivity index (χ4v) is 3.29. The van der Waals surface area contributed by atoms with Crippen molar-refractivity contribution >= 4 is 38.4 Å². The molecule has 6 heteroatoms. The molecule has 0 atom stereocenters. The van der Waals surface area contributed by atoms with Crippen LogP contribution in [0, 0.1) is 6.92 Å². The van der Waals surface area contributed by atoms with E-state index in [1.807, 2.05) is 25.1 Å². The van der Waals surface area contributed by atoms with Crippen LogP contribution in [0.15, 0.2) is 46.9 Å². The number of hydrogen-bond donors (Lipinski definition) is 0. The van der Waals surface area contributed by atoms with Crippen molar-refractivity contribution in [3.8, 4) is 0 Å². The lowest BCUT2D eigenvalue weighted by Gasteiger charge is -2.12. The minimum atomic E-state index is -4.33. The fraction of sp³-hybridized carbons (Fsp3) is 0.167. The van der Waals surface area contributed by atoms with Gasteiger partial charge in [-0.1, -0.05) is 39.7 Å². The average Bonchev–Trinajstić information content (AvgIpc) is 2.52. The lowest BCUT2D eigenvalue weighted by molar-refractivity contribution is -0.137. The molecule has 0 fully saturated rings. The van der Waals surface area contributed by atoms with Gasteiger partial charge in [0.15, 0.2) is 0 Å². The van der Waals surface area contributed by atoms with Gasteiger partial charge in [-0.3, -0.25) is 4.98 Å². The topological polar surface area (TPSA) is 12.9 Å². The summed E-state index contributed by atoms with van der Waals surface area (Å²) in [5, 5.41) is 1.40. The standard InChI is InChI=1S/C18H12BrClF3N/c1-10-14(8-11-2-4-12(5-3-11)18(21,22)23)17(20)15-9-13(19)6-7-16(15)24-10/h2-7,9H,8H2,1H3. The van der Waals surface area contributed by atoms with Gasteiger partial charge in [0.2, 0.25) is 0 Å². The highest BCUT2D eigenvalue weighted by Gasteiger charge is 2.29. The van der Waals surface area contributed by atoms with Crippen LogP contribution in [0.5, 0.6) is 0 Å². The van der Waals surface area contributed by atoms with Gasteiger partial charge in [-0.15, -0.1) is 0 Å². The van der Waals surface area contributed by atoms with Crippen LogP contribution < -0.4 is 0 Å². The van der Waals surface area contributed by atoms with Crippen LogP contribution >= 0.6 is 27.5 Å². The van der Waals surface area contributed by atoms with Crippen molar-refractivity contribution in [1.29, 1.82) is 0 Å². The van der Waals surface area contributed by atoms with Gasteiger partial charge >= 0.3 is 6.18 Å². The van der Waals surface area contributed by atoms with Crippen molar-refractivity contribution in [3.63, 3.8) is 0 Å². The Morgan fingerprint density at radius 2 is 1.75 bits per heavy atom. The highest BCUT2D eigenvalue weighted by molar-refractivity contribution is 9.10. The number of halogens is 5. The molecule has 0 amide bonds. The molecule has 0 unspecified atom stereocenters. The van der Waals surface area contributed by atoms with Gasteiger partial charge in [0.1, 0.15) is 0 Å². The molecule has 0 radical (unpaired) electrons. The van der Waals surface area contributed by atoms with Crippen molar-refractivity contribution in [1.82, 2.24) is 4.98 Å². The Labute approximate surface area is 150 Å². The van der Waals surface area contributed by atoms with Crippen molar-refractivity contribution in [2.75, 3.05) is 0 Å². The second kappa shape index (κ2) is 6.37. The Balaban J connectivity index is 2.01. The van der Waals surface area contributed by atoms with E-state index in [2.05, 4.69) is 20.9 Å². The first-order valence-electron chi connectivity index (χ1n) is 7.16. The number of benzene rings is 2. The van der Waals surface area contributed by atoms with E-state index in [-0.39, 0.29) is 0 Å². The van der Waals surface area contributed by atoms with Crippen LogP contribution in [0.2, 0.25) is 5.02 Å². The number of aryl methyl sites for hydroxylation is 1. The summed E-state index contributed by atoms with van der Waals surface area (Å²) in [6.07, 6.45) is -3.90. The molecule has 3 rings (SSSR count). The van der Waals surface area contributed by atoms with Crippen LogP contribution in [-0.4, -0.2) is 4.98 Å². The Morgan fingerprint density at radius 3 is 2.38 bits per heavy atom. The highest BCUT2D eigenvalue weighted by atomic mass is 79.9. The smallest absolute Gasteiger partial charge is 0.253 e. The molecule has 124 valence electrons. The maximum absolute atomic E-state index is 12.7. The maximum Gasteiger partial charge on any atom is 0.416 e. The molecule has 1 heterocycles. The monoisotopic (exact) mass is 413 g/mol. The molecule has 1 aromatic heterocycles. The summed E-state index contributed by atoms with van der Waals surface area (Å²) >= 11 is 9.94. The molecule has 0 aliphatic carbocycles. The fourth-order valence-electron chi connectivity index (χ4n) is 2.57. The predicted octanol–water partition coefficient (Wildman–Crippen LogP) is 6.57. The number of aromatic nitrogens is 1. The lowest BCUT2D eigenvalue weighted by atomic mass is 10.0. The third kappa shape index (κ3) is 3.42. The van der Waals surface area contributed by atoms with Crippen LogP contribution in [0.4, 0.5) is 13.2 Å². The zero-order valence-corrected chi connectivity index (χ0v) is 14.9. The number of pyridine rings is 1. The Hall–Kier alpha value is -1.59. The number of nitrogens with zero attached hydrogens (tertiary/aromatic N) is 1. The van der Waals surface area contributed by atoms with Crippen LogP contribution in [-0.2, 0) is 12.6 Å². The van der Waals surface area contributed by atoms with E-state index in [0.29, 0.717) is 11.4 Å². The largest absolute Gasteiger partial charge is 0.416 e. The minimum absolute atomic E-state index is 0.429. The Bertz CT molecular complexity index is 905. The SMILES string of the molecule is Cc1nc2ccc(Br)cc2c(Cl)c1Cc1ccc(C(F)(F)F)cc1. The van der Waals surface area contributed by atoms with Crippen molar-refractivity contribution in [2.45, 2.75) is 19.5 Å². The molecule has 0 saturated carbocycles. The molecular formula is C18H12BrClF3N. The number of alkyl halides is 3. The molecule has 0 N–H and O–H groups in total. The summed E-state index contributed by atoms with van der Waals surface area (Å²) in [6.45, 7) is 1.85. The van der Waals surface area contributed by atoms with Crippen LogP contribution in [0.25, 0.3) is 10.9 Å². The van der Waals surface area contributed by atoms with E-state index in [1.54, 1.807) is 0 Å². The molecule has 3 aromatic rings. The second-order valence-corrected chi connectivity index (χ2v) is 6.82. The molecule has 0 saturated heterocycles. The van der Waals surface area contributed by atoms with Crippen molar-refractivity contribution in [2.24, 2.45) is 0 Å². The van der Waals surface area contributed by atoms with E-state index in [4.69, 9.17) is 11.6 Å². The second-order valence-electron chi connectivity index (χ2n) is 5.52. The highest BCUT2D eigenvalue weighted by Crippen LogP contribution is 2.33. The summed E-state index contributed by atoms with van der Waals surface area (Å²) in [5.74, 6) is 0. The van der Waals surface area contributed by atoms with Gasteiger partial charge in [-0.2, -0.15) is 13.2 Å². The zero-order chi connectivity index (χ0) is 17.5. The Morgan fingerprint density at radius 1 is 1.08 bits per heavy atom. The first kappa shape index (κ1) is 17.2. The van der Waals surface area contributed by atoms with Gasteiger partial charge in [-0.25, -0.2) is 0 Å². The normalized spacial score (nSPS) is 11.9. The summed E-state index contributed by atoms with van der Waals surface area (Å²) in [7, 11) is 0. The molecule has 0 aliphatic heterocycles. The minimum Gasteiger partial charge on any atom is -0.253 e. The Kier molecular flexibility index (Phi) is 4.58. The number of rotatable bonds is 2. The van der Waals surface area contributed by atoms with Crippen molar-refractivity contribution < 1.29 is 13.2 Å². The quantitative estimate of drug-likeness (QED) is 0.462. The van der Waals surface area contributed by atoms with Crippen LogP contribution in [0.1, 0.15) is 22.4 Å². The van der Waals surface area contributed by atoms with E-state index in [0.717, 1.165) is 44.3 Å². The van der Waals surface area contributed by atoms with Gasteiger partial charge in [-0.05, 0) is 48.4 Å². The first-order chi connectivity index (χ1) is 11.3. The molecule has 24 heavy (non-hydrogen) atoms. The van der Waals surface area contributed by atoms with Gasteiger partial charge in [0, 0.05) is 22.0 Å². The maximum atomic E-state index is 12.7. The van der Waals surface area contributed by atoms with Crippen LogP contribution in [0.3, 0.4) is 0 Å². The lowest BCUT2D eigenvalue weighted by Crippen LogP contribution is -2.05. The molecule has 0 aliphatic rings. The summed E-state index contributed by atoms with van der Waals surface area (Å²) in [6, 6.07) is 10.8. The third-order valence-electron chi connectivity index (χ3n) is 3.85. The molecule has 0 spiro atoms. The summed E-state index contributed by atoms with van der Waals surface area (Å²) in [5.41, 5.74) is 2.48. The van der Waals surface area contributed by atoms with E-state index >= 15 is 0 Å². The third-order valence-corrected chi connectivity index (χ3v) is 4.77. The van der Waals surface area contributed by atoms with Gasteiger partial charge in [0.05, 0.1) is 16.1 Å². The first-order valence-corrected chi connectivity index (χ1v) is 8.33. The van der Waals surface area contributed by atoms with Gasteiger partial charge < -0.3 is 0 Å². The number of hydrogen-bond acceptors (Lipinski definition) is 1. The van der Waals surface area contributed by atoms with E-state index < -0.39 is 11.7 Å². The number of fused-ring (bicyclic) bond motifs is 1. The molecule has 1 nitrogen and oxygen atoms in total. The van der Waals surface area contributed by atoms with Crippen molar-refractivity contribution in [3.05, 3.63) is 74.3 Å². The van der Waals surface area contributed by atoms with E-state index in [9.17, 15) is 13.2 Å². The molecule has 2 aromatic carbocycles. The molecule has 0 bridgehead atoms.